The van der Waals surface area contributed by atoms with E-state index in [1.165, 1.54) is 21.6 Å². The molecule has 8 heteroatoms. The normalized spacial score (nSPS) is 12.3. The van der Waals surface area contributed by atoms with E-state index in [1.807, 2.05) is 32.0 Å². The van der Waals surface area contributed by atoms with Crippen LogP contribution < -0.4 is 15.6 Å². The van der Waals surface area contributed by atoms with Gasteiger partial charge in [0.2, 0.25) is 0 Å². The summed E-state index contributed by atoms with van der Waals surface area (Å²) in [4.78, 5) is 30.7. The Morgan fingerprint density at radius 2 is 1.83 bits per heavy atom. The summed E-state index contributed by atoms with van der Waals surface area (Å²) in [5.41, 5.74) is 6.96. The molecule has 178 valence electrons. The average molecular weight is 487 g/mol. The molecule has 0 atom stereocenters. The lowest BCUT2D eigenvalue weighted by Crippen LogP contribution is -2.23. The Morgan fingerprint density at radius 3 is 2.60 bits per heavy atom. The molecule has 5 rings (SSSR count). The van der Waals surface area contributed by atoms with Crippen LogP contribution in [0.5, 0.6) is 5.75 Å². The molecular formula is C27H26N4O3S. The van der Waals surface area contributed by atoms with Gasteiger partial charge in [-0.2, -0.15) is 5.10 Å². The molecule has 1 aliphatic heterocycles. The summed E-state index contributed by atoms with van der Waals surface area (Å²) < 4.78 is 6.91. The third kappa shape index (κ3) is 4.37. The lowest BCUT2D eigenvalue weighted by Gasteiger charge is -2.08. The van der Waals surface area contributed by atoms with Crippen LogP contribution in [0.3, 0.4) is 0 Å². The van der Waals surface area contributed by atoms with E-state index in [0.717, 1.165) is 46.7 Å². The van der Waals surface area contributed by atoms with Gasteiger partial charge in [0.15, 0.2) is 0 Å². The van der Waals surface area contributed by atoms with Crippen molar-refractivity contribution in [3.63, 3.8) is 0 Å². The maximum atomic E-state index is 12.9. The molecule has 1 amide bonds. The maximum Gasteiger partial charge on any atom is 0.277 e. The summed E-state index contributed by atoms with van der Waals surface area (Å²) in [7, 11) is 1.62. The number of hydrogen-bond donors (Lipinski definition) is 1. The summed E-state index contributed by atoms with van der Waals surface area (Å²) in [6.45, 7) is 6.65. The highest BCUT2D eigenvalue weighted by atomic mass is 32.1. The van der Waals surface area contributed by atoms with Gasteiger partial charge in [-0.15, -0.1) is 11.3 Å². The predicted octanol–water partition coefficient (Wildman–Crippen LogP) is 4.36. The fourth-order valence-electron chi connectivity index (χ4n) is 4.26. The number of nitrogens with one attached hydrogen (secondary N) is 1. The monoisotopic (exact) mass is 486 g/mol. The number of rotatable bonds is 5. The molecule has 0 saturated carbocycles. The molecule has 7 nitrogen and oxygen atoms in total. The smallest absolute Gasteiger partial charge is 0.277 e. The molecule has 4 aromatic rings. The summed E-state index contributed by atoms with van der Waals surface area (Å²) in [6, 6.07) is 14.5. The fraction of sp³-hybridized carbons (Fsp3) is 0.259. The first-order chi connectivity index (χ1) is 16.8. The Morgan fingerprint density at radius 1 is 1.09 bits per heavy atom. The first kappa shape index (κ1) is 23.0. The number of carbonyl (C=O) groups is 1. The fourth-order valence-corrected chi connectivity index (χ4v) is 5.33. The topological polar surface area (TPSA) is 86.1 Å². The molecule has 0 aliphatic carbocycles. The molecule has 1 N–H and O–H groups in total. The quantitative estimate of drug-likeness (QED) is 0.453. The van der Waals surface area contributed by atoms with Crippen molar-refractivity contribution in [2.75, 3.05) is 6.61 Å². The van der Waals surface area contributed by atoms with Gasteiger partial charge in [0, 0.05) is 20.0 Å². The van der Waals surface area contributed by atoms with Gasteiger partial charge in [-0.05, 0) is 60.7 Å². The largest absolute Gasteiger partial charge is 0.493 e. The number of nitrogens with zero attached hydrogens (tertiary/aromatic N) is 3. The van der Waals surface area contributed by atoms with Gasteiger partial charge < -0.3 is 10.1 Å². The van der Waals surface area contributed by atoms with Crippen molar-refractivity contribution in [2.24, 2.45) is 7.05 Å². The average Bonchev–Trinajstić information content (AvgIpc) is 3.48. The highest BCUT2D eigenvalue weighted by Gasteiger charge is 2.21. The molecule has 1 aliphatic rings. The van der Waals surface area contributed by atoms with Crippen LogP contribution in [-0.2, 0) is 20.0 Å². The molecule has 2 aromatic heterocycles. The predicted molar refractivity (Wildman–Crippen MR) is 137 cm³/mol. The van der Waals surface area contributed by atoms with E-state index in [1.54, 1.807) is 14.0 Å². The summed E-state index contributed by atoms with van der Waals surface area (Å²) in [5, 5.41) is 7.75. The van der Waals surface area contributed by atoms with E-state index in [-0.39, 0.29) is 11.5 Å². The second kappa shape index (κ2) is 9.11. The van der Waals surface area contributed by atoms with Crippen molar-refractivity contribution in [2.45, 2.75) is 33.7 Å². The van der Waals surface area contributed by atoms with E-state index in [2.05, 4.69) is 39.7 Å². The Bertz CT molecular complexity index is 1500. The number of carbonyl (C=O) groups excluding carboxylic acids is 1. The van der Waals surface area contributed by atoms with Crippen molar-refractivity contribution in [3.8, 4) is 27.4 Å². The molecule has 0 fully saturated rings. The van der Waals surface area contributed by atoms with Crippen molar-refractivity contribution >= 4 is 17.2 Å². The van der Waals surface area contributed by atoms with Crippen LogP contribution in [0.1, 0.15) is 37.7 Å². The van der Waals surface area contributed by atoms with Gasteiger partial charge in [-0.25, -0.2) is 9.67 Å². The molecule has 0 saturated heterocycles. The molecule has 2 aromatic carbocycles. The standard InChI is InChI=1S/C27H26N4O3S/c1-15-16(2)30-31(4)27(33)23(15)26-29-17(3)24(35-26)25(32)28-14-18-5-7-19(8-6-18)20-9-10-22-21(13-20)11-12-34-22/h5-10,13H,11-12,14H2,1-4H3,(H,28,32). The van der Waals surface area contributed by atoms with Crippen molar-refractivity contribution < 1.29 is 9.53 Å². The number of aromatic nitrogens is 3. The van der Waals surface area contributed by atoms with Crippen LogP contribution >= 0.6 is 11.3 Å². The van der Waals surface area contributed by atoms with E-state index in [4.69, 9.17) is 4.74 Å². The Kier molecular flexibility index (Phi) is 5.98. The lowest BCUT2D eigenvalue weighted by atomic mass is 10.0. The van der Waals surface area contributed by atoms with Crippen LogP contribution in [0.2, 0.25) is 0 Å². The second-order valence-corrected chi connectivity index (χ2v) is 9.75. The van der Waals surface area contributed by atoms with E-state index in [9.17, 15) is 9.59 Å². The highest BCUT2D eigenvalue weighted by Crippen LogP contribution is 2.31. The molecule has 35 heavy (non-hydrogen) atoms. The Balaban J connectivity index is 1.30. The zero-order valence-electron chi connectivity index (χ0n) is 20.1. The number of ether oxygens (including phenoxy) is 1. The zero-order valence-corrected chi connectivity index (χ0v) is 21.0. The van der Waals surface area contributed by atoms with Gasteiger partial charge >= 0.3 is 0 Å². The summed E-state index contributed by atoms with van der Waals surface area (Å²) >= 11 is 1.24. The number of amides is 1. The van der Waals surface area contributed by atoms with Gasteiger partial charge in [0.1, 0.15) is 15.6 Å². The van der Waals surface area contributed by atoms with Crippen molar-refractivity contribution in [1.29, 1.82) is 0 Å². The number of hydrogen-bond acceptors (Lipinski definition) is 6. The van der Waals surface area contributed by atoms with E-state index >= 15 is 0 Å². The number of aryl methyl sites for hydroxylation is 3. The number of fused-ring (bicyclic) bond motifs is 1. The molecule has 0 radical (unpaired) electrons. The zero-order chi connectivity index (χ0) is 24.7. The minimum absolute atomic E-state index is 0.200. The number of benzene rings is 2. The molecule has 0 bridgehead atoms. The Hall–Kier alpha value is -3.78. The van der Waals surface area contributed by atoms with Gasteiger partial charge in [0.05, 0.1) is 23.6 Å². The lowest BCUT2D eigenvalue weighted by molar-refractivity contribution is 0.0954. The third-order valence-corrected chi connectivity index (χ3v) is 7.55. The van der Waals surface area contributed by atoms with Crippen LogP contribution in [0, 0.1) is 20.8 Å². The SMILES string of the molecule is Cc1nc(-c2c(C)c(C)nn(C)c2=O)sc1C(=O)NCc1ccc(-c2ccc3c(c2)CCO3)cc1. The molecule has 0 spiro atoms. The van der Waals surface area contributed by atoms with Crippen LogP contribution in [-0.4, -0.2) is 27.3 Å². The van der Waals surface area contributed by atoms with Gasteiger partial charge in [-0.3, -0.25) is 9.59 Å². The molecule has 0 unspecified atom stereocenters. The molecule has 3 heterocycles. The first-order valence-corrected chi connectivity index (χ1v) is 12.3. The van der Waals surface area contributed by atoms with Crippen LogP contribution in [0.25, 0.3) is 21.7 Å². The maximum absolute atomic E-state index is 12.9. The van der Waals surface area contributed by atoms with E-state index < -0.39 is 0 Å². The number of thiazole rings is 1. The minimum atomic E-state index is -0.218. The molecular weight excluding hydrogens is 460 g/mol. The van der Waals surface area contributed by atoms with Crippen molar-refractivity contribution in [3.05, 3.63) is 85.8 Å². The van der Waals surface area contributed by atoms with Crippen LogP contribution in [0.4, 0.5) is 0 Å². The first-order valence-electron chi connectivity index (χ1n) is 11.5. The summed E-state index contributed by atoms with van der Waals surface area (Å²) in [5.74, 6) is 0.776. The second-order valence-electron chi connectivity index (χ2n) is 8.75. The Labute approximate surface area is 207 Å². The van der Waals surface area contributed by atoms with Gasteiger partial charge in [0.25, 0.3) is 11.5 Å². The van der Waals surface area contributed by atoms with Gasteiger partial charge in [-0.1, -0.05) is 30.3 Å². The third-order valence-electron chi connectivity index (χ3n) is 6.37. The van der Waals surface area contributed by atoms with Crippen molar-refractivity contribution in [1.82, 2.24) is 20.1 Å². The summed E-state index contributed by atoms with van der Waals surface area (Å²) in [6.07, 6.45) is 0.945. The van der Waals surface area contributed by atoms with E-state index in [0.29, 0.717) is 27.7 Å². The van der Waals surface area contributed by atoms with Crippen LogP contribution in [0.15, 0.2) is 47.3 Å². The minimum Gasteiger partial charge on any atom is -0.493 e. The highest BCUT2D eigenvalue weighted by molar-refractivity contribution is 7.17.